The number of nitrogens with one attached hydrogen (secondary N) is 1. The third-order valence-corrected chi connectivity index (χ3v) is 6.49. The number of carbonyl (C=O) groups is 2. The van der Waals surface area contributed by atoms with E-state index < -0.39 is 0 Å². The van der Waals surface area contributed by atoms with Crippen molar-refractivity contribution in [2.24, 2.45) is 5.92 Å². The van der Waals surface area contributed by atoms with Crippen LogP contribution in [0.1, 0.15) is 53.4 Å². The normalized spacial score (nSPS) is 25.3. The van der Waals surface area contributed by atoms with Crippen molar-refractivity contribution in [1.29, 1.82) is 0 Å². The van der Waals surface area contributed by atoms with Gasteiger partial charge in [-0.2, -0.15) is 0 Å². The molecule has 6 rings (SSSR count). The molecule has 0 spiro atoms. The quantitative estimate of drug-likeness (QED) is 0.911. The van der Waals surface area contributed by atoms with Crippen LogP contribution in [0.4, 0.5) is 0 Å². The molecule has 1 fully saturated rings. The van der Waals surface area contributed by atoms with E-state index in [1.54, 1.807) is 4.90 Å². The molecule has 4 aliphatic rings. The lowest BCUT2D eigenvalue weighted by Crippen LogP contribution is -2.43. The molecule has 1 N–H and O–H groups in total. The summed E-state index contributed by atoms with van der Waals surface area (Å²) in [5.41, 5.74) is 5.74. The van der Waals surface area contributed by atoms with E-state index in [4.69, 9.17) is 0 Å². The summed E-state index contributed by atoms with van der Waals surface area (Å²) in [5.74, 6) is 1.23. The van der Waals surface area contributed by atoms with E-state index in [2.05, 4.69) is 53.8 Å². The van der Waals surface area contributed by atoms with Gasteiger partial charge in [0.05, 0.1) is 6.54 Å². The highest BCUT2D eigenvalue weighted by Crippen LogP contribution is 2.55. The zero-order valence-electron chi connectivity index (χ0n) is 15.4. The largest absolute Gasteiger partial charge is 0.354 e. The van der Waals surface area contributed by atoms with Gasteiger partial charge in [-0.25, -0.2) is 0 Å². The number of rotatable bonds is 4. The van der Waals surface area contributed by atoms with Crippen molar-refractivity contribution in [2.75, 3.05) is 19.6 Å². The Morgan fingerprint density at radius 1 is 1.00 bits per heavy atom. The zero-order chi connectivity index (χ0) is 18.4. The molecular weight excluding hydrogens is 336 g/mol. The highest BCUT2D eigenvalue weighted by molar-refractivity contribution is 5.85. The molecule has 0 aromatic heterocycles. The monoisotopic (exact) mass is 360 g/mol. The predicted octanol–water partition coefficient (Wildman–Crippen LogP) is 3.02. The standard InChI is InChI=1S/C23H24N2O2/c26-21(14-25-11-5-10-22(25)27)24-13-15-12-20-16-6-1-3-8-18(16)23(15)19-9-4-2-7-17(19)20/h1-4,6-9,15,20,23H,5,10-14H2,(H,24,26)/t15-,20?,23?/m1/s1. The summed E-state index contributed by atoms with van der Waals surface area (Å²) < 4.78 is 0. The summed E-state index contributed by atoms with van der Waals surface area (Å²) in [6.07, 6.45) is 2.51. The average Bonchev–Trinajstić information content (AvgIpc) is 3.11. The summed E-state index contributed by atoms with van der Waals surface area (Å²) in [6, 6.07) is 17.5. The zero-order valence-corrected chi connectivity index (χ0v) is 15.4. The van der Waals surface area contributed by atoms with Gasteiger partial charge < -0.3 is 10.2 Å². The number of likely N-dealkylation sites (tertiary alicyclic amines) is 1. The molecule has 1 saturated heterocycles. The Bertz CT molecular complexity index is 859. The molecule has 3 aliphatic carbocycles. The van der Waals surface area contributed by atoms with Crippen LogP contribution in [0.5, 0.6) is 0 Å². The van der Waals surface area contributed by atoms with Crippen LogP contribution >= 0.6 is 0 Å². The van der Waals surface area contributed by atoms with E-state index in [-0.39, 0.29) is 18.4 Å². The maximum Gasteiger partial charge on any atom is 0.239 e. The predicted molar refractivity (Wildman–Crippen MR) is 104 cm³/mol. The molecular formula is C23H24N2O2. The second kappa shape index (κ2) is 6.52. The number of hydrogen-bond donors (Lipinski definition) is 1. The maximum absolute atomic E-state index is 12.4. The van der Waals surface area contributed by atoms with Gasteiger partial charge in [0.1, 0.15) is 0 Å². The topological polar surface area (TPSA) is 49.4 Å². The first kappa shape index (κ1) is 16.5. The second-order valence-corrected chi connectivity index (χ2v) is 8.01. The number of benzene rings is 2. The lowest BCUT2D eigenvalue weighted by atomic mass is 9.59. The minimum absolute atomic E-state index is 0.0340. The van der Waals surface area contributed by atoms with Crippen LogP contribution in [0.2, 0.25) is 0 Å². The third-order valence-electron chi connectivity index (χ3n) is 6.49. The molecule has 2 bridgehead atoms. The van der Waals surface area contributed by atoms with Crippen molar-refractivity contribution in [2.45, 2.75) is 31.1 Å². The number of carbonyl (C=O) groups excluding carboxylic acids is 2. The molecule has 0 radical (unpaired) electrons. The Hall–Kier alpha value is -2.62. The van der Waals surface area contributed by atoms with Crippen LogP contribution in [0, 0.1) is 5.92 Å². The Kier molecular flexibility index (Phi) is 4.00. The fraction of sp³-hybridized carbons (Fsp3) is 0.391. The van der Waals surface area contributed by atoms with Crippen molar-refractivity contribution in [3.05, 3.63) is 70.8 Å². The van der Waals surface area contributed by atoms with Crippen LogP contribution < -0.4 is 5.32 Å². The molecule has 4 nitrogen and oxygen atoms in total. The summed E-state index contributed by atoms with van der Waals surface area (Å²) in [6.45, 7) is 1.58. The van der Waals surface area contributed by atoms with Crippen molar-refractivity contribution in [3.63, 3.8) is 0 Å². The summed E-state index contributed by atoms with van der Waals surface area (Å²) in [4.78, 5) is 25.8. The van der Waals surface area contributed by atoms with Gasteiger partial charge in [0.2, 0.25) is 11.8 Å². The van der Waals surface area contributed by atoms with E-state index in [0.717, 1.165) is 12.8 Å². The molecule has 1 aliphatic heterocycles. The molecule has 4 heteroatoms. The van der Waals surface area contributed by atoms with Crippen molar-refractivity contribution >= 4 is 11.8 Å². The molecule has 138 valence electrons. The first-order chi connectivity index (χ1) is 13.2. The SMILES string of the molecule is O=C(CN1CCCC1=O)NC[C@H]1CC2c3ccccc3C1c1ccccc12. The van der Waals surface area contributed by atoms with Gasteiger partial charge in [0, 0.05) is 31.3 Å². The van der Waals surface area contributed by atoms with Crippen LogP contribution in [-0.4, -0.2) is 36.3 Å². The fourth-order valence-corrected chi connectivity index (χ4v) is 5.31. The van der Waals surface area contributed by atoms with E-state index in [9.17, 15) is 9.59 Å². The third kappa shape index (κ3) is 2.75. The lowest BCUT2D eigenvalue weighted by Gasteiger charge is -2.45. The number of fused-ring (bicyclic) bond motifs is 1. The minimum Gasteiger partial charge on any atom is -0.354 e. The summed E-state index contributed by atoms with van der Waals surface area (Å²) in [5, 5.41) is 3.11. The van der Waals surface area contributed by atoms with Gasteiger partial charge in [0.25, 0.3) is 0 Å². The molecule has 2 aromatic carbocycles. The van der Waals surface area contributed by atoms with E-state index >= 15 is 0 Å². The Morgan fingerprint density at radius 2 is 1.63 bits per heavy atom. The van der Waals surface area contributed by atoms with E-state index in [1.807, 2.05) is 0 Å². The van der Waals surface area contributed by atoms with Gasteiger partial charge in [-0.3, -0.25) is 9.59 Å². The van der Waals surface area contributed by atoms with Gasteiger partial charge in [-0.05, 0) is 41.0 Å². The molecule has 27 heavy (non-hydrogen) atoms. The molecule has 0 saturated carbocycles. The second-order valence-electron chi connectivity index (χ2n) is 8.01. The number of hydrogen-bond acceptors (Lipinski definition) is 2. The van der Waals surface area contributed by atoms with Crippen LogP contribution in [0.3, 0.4) is 0 Å². The smallest absolute Gasteiger partial charge is 0.239 e. The highest BCUT2D eigenvalue weighted by Gasteiger charge is 2.42. The van der Waals surface area contributed by atoms with Crippen molar-refractivity contribution in [3.8, 4) is 0 Å². The van der Waals surface area contributed by atoms with Gasteiger partial charge in [0.15, 0.2) is 0 Å². The molecule has 2 aromatic rings. The Balaban J connectivity index is 1.35. The average molecular weight is 360 g/mol. The van der Waals surface area contributed by atoms with Crippen LogP contribution in [0.15, 0.2) is 48.5 Å². The maximum atomic E-state index is 12.4. The van der Waals surface area contributed by atoms with E-state index in [0.29, 0.717) is 37.3 Å². The first-order valence-corrected chi connectivity index (χ1v) is 9.94. The van der Waals surface area contributed by atoms with Gasteiger partial charge in [-0.1, -0.05) is 48.5 Å². The first-order valence-electron chi connectivity index (χ1n) is 9.94. The van der Waals surface area contributed by atoms with Gasteiger partial charge >= 0.3 is 0 Å². The van der Waals surface area contributed by atoms with Gasteiger partial charge in [-0.15, -0.1) is 0 Å². The molecule has 0 unspecified atom stereocenters. The van der Waals surface area contributed by atoms with Crippen molar-refractivity contribution in [1.82, 2.24) is 10.2 Å². The number of nitrogens with zero attached hydrogens (tertiary/aromatic N) is 1. The minimum atomic E-state index is -0.0340. The van der Waals surface area contributed by atoms with E-state index in [1.165, 1.54) is 22.3 Å². The van der Waals surface area contributed by atoms with Crippen LogP contribution in [-0.2, 0) is 9.59 Å². The molecule has 1 atom stereocenters. The summed E-state index contributed by atoms with van der Waals surface area (Å²) in [7, 11) is 0. The molecule has 1 heterocycles. The Morgan fingerprint density at radius 3 is 2.22 bits per heavy atom. The number of amides is 2. The fourth-order valence-electron chi connectivity index (χ4n) is 5.31. The Labute approximate surface area is 159 Å². The lowest BCUT2D eigenvalue weighted by molar-refractivity contribution is -0.133. The van der Waals surface area contributed by atoms with Crippen molar-refractivity contribution < 1.29 is 9.59 Å². The highest BCUT2D eigenvalue weighted by atomic mass is 16.2. The molecule has 2 amide bonds. The summed E-state index contributed by atoms with van der Waals surface area (Å²) >= 11 is 0. The van der Waals surface area contributed by atoms with Crippen LogP contribution in [0.25, 0.3) is 0 Å².